The first-order valence-electron chi connectivity index (χ1n) is 4.94. The number of rotatable bonds is 0. The topological polar surface area (TPSA) is 43.4 Å². The molecule has 17 heavy (non-hydrogen) atoms. The molecule has 2 aromatic heterocycles. The Labute approximate surface area is 103 Å². The fraction of sp³-hybridized carbons (Fsp3) is 0. The summed E-state index contributed by atoms with van der Waals surface area (Å²) in [5, 5.41) is 5.52. The van der Waals surface area contributed by atoms with Crippen LogP contribution in [0.4, 0.5) is 0 Å². The minimum Gasteiger partial charge on any atom is -0.386 e. The van der Waals surface area contributed by atoms with Crippen LogP contribution in [-0.4, -0.2) is 11.9 Å². The van der Waals surface area contributed by atoms with Gasteiger partial charge in [0.25, 0.3) is 0 Å². The summed E-state index contributed by atoms with van der Waals surface area (Å²) in [5.41, 5.74) is 0.856. The molecule has 0 N–H and O–H groups in total. The largest absolute Gasteiger partial charge is 0.386 e. The maximum atomic E-state index is 11.7. The van der Waals surface area contributed by atoms with Crippen LogP contribution in [0.15, 0.2) is 22.9 Å². The van der Waals surface area contributed by atoms with Crippen molar-refractivity contribution in [2.75, 3.05) is 0 Å². The Bertz CT molecular complexity index is 742. The van der Waals surface area contributed by atoms with Crippen LogP contribution in [0.1, 0.15) is 20.7 Å². The predicted molar refractivity (Wildman–Crippen MR) is 67.0 cm³/mol. The van der Waals surface area contributed by atoms with Gasteiger partial charge in [-0.15, -0.1) is 22.7 Å². The molecular weight excluding hydrogens is 256 g/mol. The average molecular weight is 260 g/mol. The average Bonchev–Trinajstić information content (AvgIpc) is 2.96. The van der Waals surface area contributed by atoms with Gasteiger partial charge in [0.15, 0.2) is 0 Å². The molecule has 3 nitrogen and oxygen atoms in total. The van der Waals surface area contributed by atoms with Crippen LogP contribution in [-0.2, 0) is 4.74 Å². The molecule has 0 saturated carbocycles. The Morgan fingerprint density at radius 2 is 1.29 bits per heavy atom. The van der Waals surface area contributed by atoms with Crippen molar-refractivity contribution >= 4 is 54.8 Å². The Morgan fingerprint density at radius 1 is 0.824 bits per heavy atom. The van der Waals surface area contributed by atoms with Gasteiger partial charge in [0.05, 0.1) is 20.5 Å². The summed E-state index contributed by atoms with van der Waals surface area (Å²) in [6.45, 7) is 0. The van der Waals surface area contributed by atoms with Gasteiger partial charge in [0.2, 0.25) is 0 Å². The van der Waals surface area contributed by atoms with Crippen LogP contribution in [0.3, 0.4) is 0 Å². The molecule has 0 bridgehead atoms. The normalized spacial score (nSPS) is 14.6. The van der Waals surface area contributed by atoms with E-state index >= 15 is 0 Å². The summed E-state index contributed by atoms with van der Waals surface area (Å²) in [5.74, 6) is -1.05. The minimum absolute atomic E-state index is 0.428. The second-order valence-corrected chi connectivity index (χ2v) is 5.59. The monoisotopic (exact) mass is 260 g/mol. The SMILES string of the molecule is O=C1OC(=O)c2c1c1ccsc1c1sccc21. The highest BCUT2D eigenvalue weighted by molar-refractivity contribution is 7.25. The van der Waals surface area contributed by atoms with Crippen LogP contribution < -0.4 is 0 Å². The second-order valence-electron chi connectivity index (χ2n) is 3.75. The quantitative estimate of drug-likeness (QED) is 0.459. The first-order valence-corrected chi connectivity index (χ1v) is 6.70. The highest BCUT2D eigenvalue weighted by Crippen LogP contribution is 2.41. The van der Waals surface area contributed by atoms with E-state index in [9.17, 15) is 9.59 Å². The summed E-state index contributed by atoms with van der Waals surface area (Å²) >= 11 is 3.16. The molecule has 3 aromatic rings. The lowest BCUT2D eigenvalue weighted by atomic mass is 10.0. The number of benzene rings is 1. The fourth-order valence-electron chi connectivity index (χ4n) is 2.24. The van der Waals surface area contributed by atoms with E-state index in [0.29, 0.717) is 11.1 Å². The van der Waals surface area contributed by atoms with Gasteiger partial charge in [-0.25, -0.2) is 9.59 Å². The van der Waals surface area contributed by atoms with Crippen molar-refractivity contribution in [3.63, 3.8) is 0 Å². The zero-order valence-electron chi connectivity index (χ0n) is 8.35. The molecule has 5 heteroatoms. The number of cyclic esters (lactones) is 2. The summed E-state index contributed by atoms with van der Waals surface area (Å²) in [7, 11) is 0. The zero-order chi connectivity index (χ0) is 11.6. The molecule has 0 radical (unpaired) electrons. The number of thiophene rings is 2. The maximum absolute atomic E-state index is 11.7. The zero-order valence-corrected chi connectivity index (χ0v) is 9.98. The van der Waals surface area contributed by atoms with Crippen molar-refractivity contribution in [2.24, 2.45) is 0 Å². The van der Waals surface area contributed by atoms with E-state index in [-0.39, 0.29) is 0 Å². The Kier molecular flexibility index (Phi) is 1.61. The van der Waals surface area contributed by atoms with Gasteiger partial charge in [0, 0.05) is 10.8 Å². The van der Waals surface area contributed by atoms with Gasteiger partial charge >= 0.3 is 11.9 Å². The van der Waals surface area contributed by atoms with Crippen LogP contribution in [0.5, 0.6) is 0 Å². The Hall–Kier alpha value is -1.72. The molecule has 0 unspecified atom stereocenters. The molecule has 0 aliphatic carbocycles. The van der Waals surface area contributed by atoms with Gasteiger partial charge < -0.3 is 4.74 Å². The van der Waals surface area contributed by atoms with Gasteiger partial charge in [-0.2, -0.15) is 0 Å². The number of hydrogen-bond acceptors (Lipinski definition) is 5. The van der Waals surface area contributed by atoms with Crippen molar-refractivity contribution in [1.82, 2.24) is 0 Å². The van der Waals surface area contributed by atoms with E-state index in [0.717, 1.165) is 20.2 Å². The van der Waals surface area contributed by atoms with E-state index in [2.05, 4.69) is 0 Å². The van der Waals surface area contributed by atoms with Crippen molar-refractivity contribution in [2.45, 2.75) is 0 Å². The number of hydrogen-bond donors (Lipinski definition) is 0. The molecule has 0 atom stereocenters. The summed E-state index contributed by atoms with van der Waals surface area (Å²) in [6, 6.07) is 3.75. The maximum Gasteiger partial charge on any atom is 0.347 e. The third-order valence-corrected chi connectivity index (χ3v) is 4.91. The first-order chi connectivity index (χ1) is 8.27. The molecular formula is C12H4O3S2. The molecule has 1 aliphatic rings. The third-order valence-electron chi connectivity index (χ3n) is 2.92. The van der Waals surface area contributed by atoms with Gasteiger partial charge in [0.1, 0.15) is 0 Å². The number of carbonyl (C=O) groups is 2. The smallest absolute Gasteiger partial charge is 0.347 e. The van der Waals surface area contributed by atoms with Gasteiger partial charge in [-0.1, -0.05) is 0 Å². The Morgan fingerprint density at radius 3 is 1.76 bits per heavy atom. The third kappa shape index (κ3) is 1.01. The molecule has 82 valence electrons. The van der Waals surface area contributed by atoms with Crippen molar-refractivity contribution in [3.05, 3.63) is 34.0 Å². The van der Waals surface area contributed by atoms with E-state index in [1.807, 2.05) is 22.9 Å². The van der Waals surface area contributed by atoms with Crippen molar-refractivity contribution in [1.29, 1.82) is 0 Å². The first kappa shape index (κ1) is 9.32. The van der Waals surface area contributed by atoms with Crippen molar-refractivity contribution < 1.29 is 14.3 Å². The molecule has 1 aromatic carbocycles. The van der Waals surface area contributed by atoms with E-state index in [1.54, 1.807) is 22.7 Å². The van der Waals surface area contributed by atoms with Gasteiger partial charge in [-0.05, 0) is 22.9 Å². The lowest BCUT2D eigenvalue weighted by Crippen LogP contribution is -1.97. The number of esters is 2. The molecule has 1 aliphatic heterocycles. The highest BCUT2D eigenvalue weighted by Gasteiger charge is 2.34. The summed E-state index contributed by atoms with van der Waals surface area (Å²) in [6.07, 6.45) is 0. The highest BCUT2D eigenvalue weighted by atomic mass is 32.1. The van der Waals surface area contributed by atoms with E-state index in [4.69, 9.17) is 4.74 Å². The van der Waals surface area contributed by atoms with Gasteiger partial charge in [-0.3, -0.25) is 0 Å². The van der Waals surface area contributed by atoms with Crippen LogP contribution >= 0.6 is 22.7 Å². The van der Waals surface area contributed by atoms with E-state index < -0.39 is 11.9 Å². The van der Waals surface area contributed by atoms with Crippen LogP contribution in [0.2, 0.25) is 0 Å². The molecule has 3 heterocycles. The Balaban J connectivity index is 2.40. The standard InChI is InChI=1S/C12H4O3S2/c13-11-7-5-1-3-16-9(5)10-6(2-4-17-10)8(7)12(14)15-11/h1-4H. The van der Waals surface area contributed by atoms with E-state index in [1.165, 1.54) is 0 Å². The summed E-state index contributed by atoms with van der Waals surface area (Å²) < 4.78 is 6.83. The van der Waals surface area contributed by atoms with Crippen LogP contribution in [0, 0.1) is 0 Å². The predicted octanol–water partition coefficient (Wildman–Crippen LogP) is 3.43. The number of ether oxygens (including phenoxy) is 1. The molecule has 4 rings (SSSR count). The lowest BCUT2D eigenvalue weighted by molar-refractivity contribution is 0.0445. The fourth-order valence-corrected chi connectivity index (χ4v) is 4.24. The number of fused-ring (bicyclic) bond motifs is 6. The summed E-state index contributed by atoms with van der Waals surface area (Å²) in [4.78, 5) is 23.4. The minimum atomic E-state index is -0.526. The second kappa shape index (κ2) is 2.94. The molecule has 0 spiro atoms. The van der Waals surface area contributed by atoms with Crippen molar-refractivity contribution in [3.8, 4) is 0 Å². The molecule has 0 saturated heterocycles. The molecule has 0 amide bonds. The number of carbonyl (C=O) groups excluding carboxylic acids is 2. The lowest BCUT2D eigenvalue weighted by Gasteiger charge is -1.98. The molecule has 0 fully saturated rings. The van der Waals surface area contributed by atoms with Crippen LogP contribution in [0.25, 0.3) is 20.2 Å².